The zero-order valence-corrected chi connectivity index (χ0v) is 14.6. The minimum absolute atomic E-state index is 0.100. The quantitative estimate of drug-likeness (QED) is 0.894. The van der Waals surface area contributed by atoms with Gasteiger partial charge in [0.1, 0.15) is 17.4 Å². The molecule has 1 fully saturated rings. The fraction of sp³-hybridized carbons (Fsp3) is 0.389. The molecule has 1 atom stereocenters. The number of anilines is 2. The molecule has 1 aliphatic rings. The van der Waals surface area contributed by atoms with Crippen molar-refractivity contribution < 1.29 is 14.1 Å². The van der Waals surface area contributed by atoms with Crippen LogP contribution in [0.15, 0.2) is 28.8 Å². The van der Waals surface area contributed by atoms with Crippen LogP contribution in [0.25, 0.3) is 0 Å². The van der Waals surface area contributed by atoms with Gasteiger partial charge in [-0.2, -0.15) is 0 Å². The molecule has 1 aromatic carbocycles. The first-order valence-electron chi connectivity index (χ1n) is 8.40. The number of nitrogens with zero attached hydrogens (tertiary/aromatic N) is 2. The maximum Gasteiger partial charge on any atom is 0.320 e. The third-order valence-corrected chi connectivity index (χ3v) is 4.35. The molecule has 7 heteroatoms. The van der Waals surface area contributed by atoms with Crippen LogP contribution in [0.5, 0.6) is 0 Å². The summed E-state index contributed by atoms with van der Waals surface area (Å²) in [5.74, 6) is 0.517. The Morgan fingerprint density at radius 1 is 1.32 bits per heavy atom. The molecule has 25 heavy (non-hydrogen) atoms. The highest BCUT2D eigenvalue weighted by atomic mass is 16.5. The normalized spacial score (nSPS) is 17.0. The average molecular weight is 342 g/mol. The van der Waals surface area contributed by atoms with E-state index in [0.29, 0.717) is 36.5 Å². The Labute approximate surface area is 146 Å². The van der Waals surface area contributed by atoms with Gasteiger partial charge in [-0.25, -0.2) is 4.79 Å². The summed E-state index contributed by atoms with van der Waals surface area (Å²) in [6.07, 6.45) is 1.20. The van der Waals surface area contributed by atoms with Crippen LogP contribution in [0.4, 0.5) is 16.2 Å². The zero-order chi connectivity index (χ0) is 18.0. The molecule has 0 unspecified atom stereocenters. The first-order valence-corrected chi connectivity index (χ1v) is 8.40. The maximum atomic E-state index is 12.6. The molecule has 132 valence electrons. The Kier molecular flexibility index (Phi) is 4.74. The molecule has 0 spiro atoms. The van der Waals surface area contributed by atoms with Crippen LogP contribution >= 0.6 is 0 Å². The molecule has 0 bridgehead atoms. The van der Waals surface area contributed by atoms with E-state index in [0.717, 1.165) is 11.3 Å². The van der Waals surface area contributed by atoms with E-state index >= 15 is 0 Å². The monoisotopic (exact) mass is 342 g/mol. The number of carbonyl (C=O) groups is 2. The Morgan fingerprint density at radius 2 is 2.04 bits per heavy atom. The van der Waals surface area contributed by atoms with Crippen molar-refractivity contribution in [3.8, 4) is 0 Å². The standard InChI is InChI=1S/C18H22N4O3/c1-4-15-16(12(3)21-25-15)20-18(24)19-14-9-10-22(17(14)23)13-7-5-11(2)6-8-13/h5-8,14H,4,9-10H2,1-3H3,(H2,19,20,24)/t14-/m1/s1. The summed E-state index contributed by atoms with van der Waals surface area (Å²) < 4.78 is 5.15. The first kappa shape index (κ1) is 17.0. The molecule has 1 aromatic heterocycles. The summed E-state index contributed by atoms with van der Waals surface area (Å²) in [4.78, 5) is 26.5. The molecule has 1 aliphatic heterocycles. The fourth-order valence-corrected chi connectivity index (χ4v) is 2.92. The SMILES string of the molecule is CCc1onc(C)c1NC(=O)N[C@@H]1CCN(c2ccc(C)cc2)C1=O. The van der Waals surface area contributed by atoms with Crippen LogP contribution < -0.4 is 15.5 Å². The lowest BCUT2D eigenvalue weighted by Crippen LogP contribution is -2.43. The molecule has 1 saturated heterocycles. The van der Waals surface area contributed by atoms with E-state index in [9.17, 15) is 9.59 Å². The predicted octanol–water partition coefficient (Wildman–Crippen LogP) is 2.78. The molecule has 2 aromatic rings. The minimum atomic E-state index is -0.536. The van der Waals surface area contributed by atoms with Crippen LogP contribution in [0.3, 0.4) is 0 Å². The van der Waals surface area contributed by atoms with Crippen molar-refractivity contribution in [3.63, 3.8) is 0 Å². The van der Waals surface area contributed by atoms with Crippen LogP contribution in [0, 0.1) is 13.8 Å². The van der Waals surface area contributed by atoms with Gasteiger partial charge in [-0.1, -0.05) is 29.8 Å². The van der Waals surface area contributed by atoms with E-state index in [2.05, 4.69) is 15.8 Å². The van der Waals surface area contributed by atoms with Gasteiger partial charge in [-0.15, -0.1) is 0 Å². The first-order chi connectivity index (χ1) is 12.0. The number of aryl methyl sites for hydroxylation is 3. The second-order valence-corrected chi connectivity index (χ2v) is 6.18. The highest BCUT2D eigenvalue weighted by Gasteiger charge is 2.33. The number of hydrogen-bond donors (Lipinski definition) is 2. The average Bonchev–Trinajstić information content (AvgIpc) is 3.12. The van der Waals surface area contributed by atoms with Crippen molar-refractivity contribution in [3.05, 3.63) is 41.3 Å². The number of nitrogens with one attached hydrogen (secondary N) is 2. The van der Waals surface area contributed by atoms with Gasteiger partial charge in [-0.3, -0.25) is 4.79 Å². The molecule has 7 nitrogen and oxygen atoms in total. The van der Waals surface area contributed by atoms with E-state index in [-0.39, 0.29) is 5.91 Å². The second kappa shape index (κ2) is 6.96. The topological polar surface area (TPSA) is 87.5 Å². The lowest BCUT2D eigenvalue weighted by atomic mass is 10.2. The number of urea groups is 1. The van der Waals surface area contributed by atoms with Crippen molar-refractivity contribution in [1.82, 2.24) is 10.5 Å². The van der Waals surface area contributed by atoms with E-state index in [1.54, 1.807) is 11.8 Å². The summed E-state index contributed by atoms with van der Waals surface area (Å²) in [6.45, 7) is 6.27. The van der Waals surface area contributed by atoms with Gasteiger partial charge >= 0.3 is 6.03 Å². The second-order valence-electron chi connectivity index (χ2n) is 6.18. The number of amides is 3. The fourth-order valence-electron chi connectivity index (χ4n) is 2.92. The van der Waals surface area contributed by atoms with Gasteiger partial charge in [0, 0.05) is 18.7 Å². The summed E-state index contributed by atoms with van der Waals surface area (Å²) in [5.41, 5.74) is 3.18. The number of hydrogen-bond acceptors (Lipinski definition) is 4. The molecule has 0 radical (unpaired) electrons. The number of carbonyl (C=O) groups excluding carboxylic acids is 2. The summed E-state index contributed by atoms with van der Waals surface area (Å²) >= 11 is 0. The van der Waals surface area contributed by atoms with Crippen LogP contribution in [-0.4, -0.2) is 29.7 Å². The Morgan fingerprint density at radius 3 is 2.72 bits per heavy atom. The molecular formula is C18H22N4O3. The van der Waals surface area contributed by atoms with E-state index < -0.39 is 12.1 Å². The Balaban J connectivity index is 1.63. The van der Waals surface area contributed by atoms with E-state index in [1.165, 1.54) is 0 Å². The minimum Gasteiger partial charge on any atom is -0.359 e. The maximum absolute atomic E-state index is 12.6. The molecule has 0 saturated carbocycles. The van der Waals surface area contributed by atoms with Crippen molar-refractivity contribution in [2.24, 2.45) is 0 Å². The molecule has 3 rings (SSSR count). The summed E-state index contributed by atoms with van der Waals surface area (Å²) in [6, 6.07) is 6.82. The Bertz CT molecular complexity index is 782. The van der Waals surface area contributed by atoms with Gasteiger partial charge in [0.05, 0.1) is 0 Å². The number of aromatic nitrogens is 1. The van der Waals surface area contributed by atoms with E-state index in [1.807, 2.05) is 38.1 Å². The number of rotatable bonds is 4. The van der Waals surface area contributed by atoms with Gasteiger partial charge in [0.25, 0.3) is 0 Å². The van der Waals surface area contributed by atoms with Gasteiger partial charge in [-0.05, 0) is 32.4 Å². The molecule has 0 aliphatic carbocycles. The molecule has 3 amide bonds. The zero-order valence-electron chi connectivity index (χ0n) is 14.6. The third kappa shape index (κ3) is 3.50. The highest BCUT2D eigenvalue weighted by molar-refractivity contribution is 6.02. The lowest BCUT2D eigenvalue weighted by Gasteiger charge is -2.17. The molecule has 2 heterocycles. The number of benzene rings is 1. The van der Waals surface area contributed by atoms with E-state index in [4.69, 9.17) is 4.52 Å². The smallest absolute Gasteiger partial charge is 0.320 e. The summed E-state index contributed by atoms with van der Waals surface area (Å²) in [5, 5.41) is 9.34. The third-order valence-electron chi connectivity index (χ3n) is 4.35. The van der Waals surface area contributed by atoms with Gasteiger partial charge in [0.15, 0.2) is 5.76 Å². The van der Waals surface area contributed by atoms with Crippen molar-refractivity contribution in [1.29, 1.82) is 0 Å². The van der Waals surface area contributed by atoms with Crippen LogP contribution in [0.2, 0.25) is 0 Å². The van der Waals surface area contributed by atoms with Crippen molar-refractivity contribution >= 4 is 23.3 Å². The van der Waals surface area contributed by atoms with Gasteiger partial charge in [0.2, 0.25) is 5.91 Å². The van der Waals surface area contributed by atoms with Crippen LogP contribution in [-0.2, 0) is 11.2 Å². The van der Waals surface area contributed by atoms with Crippen molar-refractivity contribution in [2.45, 2.75) is 39.7 Å². The highest BCUT2D eigenvalue weighted by Crippen LogP contribution is 2.23. The Hall–Kier alpha value is -2.83. The van der Waals surface area contributed by atoms with Crippen molar-refractivity contribution in [2.75, 3.05) is 16.8 Å². The van der Waals surface area contributed by atoms with Crippen LogP contribution in [0.1, 0.15) is 30.4 Å². The lowest BCUT2D eigenvalue weighted by molar-refractivity contribution is -0.118. The van der Waals surface area contributed by atoms with Gasteiger partial charge < -0.3 is 20.1 Å². The molecular weight excluding hydrogens is 320 g/mol. The predicted molar refractivity (Wildman–Crippen MR) is 94.7 cm³/mol. The molecule has 2 N–H and O–H groups in total. The largest absolute Gasteiger partial charge is 0.359 e. The summed E-state index contributed by atoms with van der Waals surface area (Å²) in [7, 11) is 0.